The molecule has 3 heterocycles. The van der Waals surface area contributed by atoms with Gasteiger partial charge in [-0.1, -0.05) is 30.3 Å². The number of ether oxygens (including phenoxy) is 1. The maximum absolute atomic E-state index is 13.1. The van der Waals surface area contributed by atoms with Crippen molar-refractivity contribution in [1.82, 2.24) is 19.1 Å². The van der Waals surface area contributed by atoms with E-state index in [0.29, 0.717) is 37.0 Å². The monoisotopic (exact) mass is 439 g/mol. The van der Waals surface area contributed by atoms with E-state index >= 15 is 0 Å². The molecule has 8 nitrogen and oxygen atoms in total. The molecule has 2 aliphatic heterocycles. The highest BCUT2D eigenvalue weighted by Gasteiger charge is 2.28. The van der Waals surface area contributed by atoms with Crippen LogP contribution in [0.15, 0.2) is 59.5 Å². The van der Waals surface area contributed by atoms with Gasteiger partial charge < -0.3 is 9.64 Å². The maximum atomic E-state index is 13.1. The Morgan fingerprint density at radius 1 is 0.839 bits per heavy atom. The summed E-state index contributed by atoms with van der Waals surface area (Å²) >= 11 is 0. The molecule has 0 atom stereocenters. The van der Waals surface area contributed by atoms with Gasteiger partial charge in [0.25, 0.3) is 0 Å². The molecule has 0 radical (unpaired) electrons. The van der Waals surface area contributed by atoms with Crippen LogP contribution in [-0.4, -0.2) is 66.9 Å². The molecule has 2 saturated heterocycles. The van der Waals surface area contributed by atoms with Crippen molar-refractivity contribution in [3.63, 3.8) is 0 Å². The molecule has 0 amide bonds. The molecule has 2 fully saturated rings. The molecule has 3 aromatic rings. The first-order chi connectivity index (χ1) is 15.1. The van der Waals surface area contributed by atoms with Crippen molar-refractivity contribution >= 4 is 16.0 Å². The lowest BCUT2D eigenvalue weighted by Crippen LogP contribution is -2.37. The van der Waals surface area contributed by atoms with Gasteiger partial charge in [-0.3, -0.25) is 4.57 Å². The first-order valence-electron chi connectivity index (χ1n) is 10.6. The summed E-state index contributed by atoms with van der Waals surface area (Å²) in [7, 11) is -3.51. The predicted molar refractivity (Wildman–Crippen MR) is 118 cm³/mol. The van der Waals surface area contributed by atoms with Gasteiger partial charge in [0.2, 0.25) is 16.0 Å². The molecule has 5 rings (SSSR count). The minimum absolute atomic E-state index is 0.294. The van der Waals surface area contributed by atoms with Gasteiger partial charge in [-0.05, 0) is 37.1 Å². The molecule has 0 N–H and O–H groups in total. The third-order valence-corrected chi connectivity index (χ3v) is 7.64. The fraction of sp³-hybridized carbons (Fsp3) is 0.364. The maximum Gasteiger partial charge on any atom is 0.243 e. The lowest BCUT2D eigenvalue weighted by Gasteiger charge is -2.28. The second kappa shape index (κ2) is 8.41. The molecule has 0 bridgehead atoms. The topological polar surface area (TPSA) is 80.6 Å². The van der Waals surface area contributed by atoms with Gasteiger partial charge in [0.15, 0.2) is 5.82 Å². The number of aromatic nitrogens is 3. The van der Waals surface area contributed by atoms with Crippen LogP contribution in [0.5, 0.6) is 0 Å². The van der Waals surface area contributed by atoms with Crippen molar-refractivity contribution in [2.24, 2.45) is 0 Å². The number of para-hydroxylation sites is 1. The molecule has 2 aliphatic rings. The fourth-order valence-corrected chi connectivity index (χ4v) is 5.68. The molecular formula is C22H25N5O3S. The normalized spacial score (nSPS) is 17.9. The molecule has 0 saturated carbocycles. The Morgan fingerprint density at radius 3 is 2.32 bits per heavy atom. The summed E-state index contributed by atoms with van der Waals surface area (Å²) in [6, 6.07) is 16.9. The van der Waals surface area contributed by atoms with Crippen molar-refractivity contribution in [2.45, 2.75) is 17.7 Å². The van der Waals surface area contributed by atoms with Gasteiger partial charge in [0.05, 0.1) is 23.8 Å². The van der Waals surface area contributed by atoms with Crippen LogP contribution in [0.3, 0.4) is 0 Å². The highest BCUT2D eigenvalue weighted by molar-refractivity contribution is 7.89. The zero-order chi connectivity index (χ0) is 21.3. The van der Waals surface area contributed by atoms with E-state index in [9.17, 15) is 8.42 Å². The average molecular weight is 440 g/mol. The van der Waals surface area contributed by atoms with E-state index in [1.165, 1.54) is 0 Å². The summed E-state index contributed by atoms with van der Waals surface area (Å²) in [6.07, 6.45) is 1.81. The molecule has 0 spiro atoms. The first-order valence-corrected chi connectivity index (χ1v) is 12.0. The zero-order valence-electron chi connectivity index (χ0n) is 17.2. The van der Waals surface area contributed by atoms with Crippen LogP contribution in [0.1, 0.15) is 12.8 Å². The number of hydrogen-bond donors (Lipinski definition) is 0. The van der Waals surface area contributed by atoms with Crippen molar-refractivity contribution in [3.8, 4) is 17.1 Å². The number of benzene rings is 2. The highest BCUT2D eigenvalue weighted by Crippen LogP contribution is 2.30. The average Bonchev–Trinajstić information content (AvgIpc) is 3.51. The Kier molecular flexibility index (Phi) is 5.47. The summed E-state index contributed by atoms with van der Waals surface area (Å²) in [5.41, 5.74) is 1.65. The van der Waals surface area contributed by atoms with Gasteiger partial charge in [-0.2, -0.15) is 4.31 Å². The minimum Gasteiger partial charge on any atom is -0.378 e. The Hall–Kier alpha value is -2.75. The van der Waals surface area contributed by atoms with E-state index < -0.39 is 10.0 Å². The second-order valence-corrected chi connectivity index (χ2v) is 9.67. The number of morpholine rings is 1. The van der Waals surface area contributed by atoms with Gasteiger partial charge in [-0.25, -0.2) is 8.42 Å². The molecule has 1 aromatic heterocycles. The molecule has 9 heteroatoms. The van der Waals surface area contributed by atoms with Gasteiger partial charge in [0.1, 0.15) is 0 Å². The van der Waals surface area contributed by atoms with E-state index in [2.05, 4.69) is 15.1 Å². The van der Waals surface area contributed by atoms with E-state index in [1.807, 2.05) is 41.0 Å². The minimum atomic E-state index is -3.51. The van der Waals surface area contributed by atoms with Crippen molar-refractivity contribution in [3.05, 3.63) is 54.6 Å². The Labute approximate surface area is 182 Å². The van der Waals surface area contributed by atoms with Crippen molar-refractivity contribution < 1.29 is 13.2 Å². The number of anilines is 1. The van der Waals surface area contributed by atoms with E-state index in [4.69, 9.17) is 4.74 Å². The van der Waals surface area contributed by atoms with Crippen LogP contribution < -0.4 is 4.90 Å². The van der Waals surface area contributed by atoms with Crippen LogP contribution in [0, 0.1) is 0 Å². The van der Waals surface area contributed by atoms with Gasteiger partial charge >= 0.3 is 0 Å². The number of hydrogen-bond acceptors (Lipinski definition) is 6. The quantitative estimate of drug-likeness (QED) is 0.608. The molecule has 0 unspecified atom stereocenters. The Balaban J connectivity index is 1.60. The summed E-state index contributed by atoms with van der Waals surface area (Å²) in [6.45, 7) is 3.89. The smallest absolute Gasteiger partial charge is 0.243 e. The molecule has 31 heavy (non-hydrogen) atoms. The van der Waals surface area contributed by atoms with E-state index in [1.54, 1.807) is 22.5 Å². The standard InChI is InChI=1S/C22H25N5O3S/c28-31(29,26-11-4-5-12-26)20-10-6-7-18(17-20)21-23-24-22(25-13-15-30-16-14-25)27(21)19-8-2-1-3-9-19/h1-3,6-10,17H,4-5,11-16H2. The molecular weight excluding hydrogens is 414 g/mol. The lowest BCUT2D eigenvalue weighted by molar-refractivity contribution is 0.122. The van der Waals surface area contributed by atoms with Gasteiger partial charge in [-0.15, -0.1) is 10.2 Å². The third-order valence-electron chi connectivity index (χ3n) is 5.75. The van der Waals surface area contributed by atoms with Crippen LogP contribution in [0.25, 0.3) is 17.1 Å². The van der Waals surface area contributed by atoms with E-state index in [0.717, 1.165) is 43.1 Å². The Morgan fingerprint density at radius 2 is 1.58 bits per heavy atom. The van der Waals surface area contributed by atoms with Crippen LogP contribution >= 0.6 is 0 Å². The van der Waals surface area contributed by atoms with Crippen LogP contribution in [0.4, 0.5) is 5.95 Å². The number of rotatable bonds is 5. The molecule has 162 valence electrons. The van der Waals surface area contributed by atoms with Crippen molar-refractivity contribution in [1.29, 1.82) is 0 Å². The summed E-state index contributed by atoms with van der Waals surface area (Å²) < 4.78 is 35.2. The molecule has 2 aromatic carbocycles. The SMILES string of the molecule is O=S(=O)(c1cccc(-c2nnc(N3CCOCC3)n2-c2ccccc2)c1)N1CCCC1. The van der Waals surface area contributed by atoms with E-state index in [-0.39, 0.29) is 0 Å². The summed E-state index contributed by atoms with van der Waals surface area (Å²) in [5, 5.41) is 8.97. The highest BCUT2D eigenvalue weighted by atomic mass is 32.2. The van der Waals surface area contributed by atoms with Gasteiger partial charge in [0, 0.05) is 31.7 Å². The number of nitrogens with zero attached hydrogens (tertiary/aromatic N) is 5. The predicted octanol–water partition coefficient (Wildman–Crippen LogP) is 2.56. The van der Waals surface area contributed by atoms with Crippen molar-refractivity contribution in [2.75, 3.05) is 44.3 Å². The second-order valence-electron chi connectivity index (χ2n) is 7.73. The zero-order valence-corrected chi connectivity index (χ0v) is 18.0. The van der Waals surface area contributed by atoms with Crippen LogP contribution in [-0.2, 0) is 14.8 Å². The largest absolute Gasteiger partial charge is 0.378 e. The Bertz CT molecular complexity index is 1150. The summed E-state index contributed by atoms with van der Waals surface area (Å²) in [5.74, 6) is 1.35. The lowest BCUT2D eigenvalue weighted by atomic mass is 10.2. The first kappa shape index (κ1) is 20.2. The molecule has 0 aliphatic carbocycles. The third kappa shape index (κ3) is 3.84. The number of sulfonamides is 1. The van der Waals surface area contributed by atoms with Crippen LogP contribution in [0.2, 0.25) is 0 Å². The summed E-state index contributed by atoms with van der Waals surface area (Å²) in [4.78, 5) is 2.44. The fourth-order valence-electron chi connectivity index (χ4n) is 4.12.